The molecule has 0 aliphatic rings. The first kappa shape index (κ1) is 9.75. The summed E-state index contributed by atoms with van der Waals surface area (Å²) in [4.78, 5) is 3.07. The van der Waals surface area contributed by atoms with Gasteiger partial charge in [-0.15, -0.1) is 0 Å². The molecule has 0 saturated carbocycles. The van der Waals surface area contributed by atoms with Crippen molar-refractivity contribution in [1.29, 1.82) is 5.26 Å². The third-order valence-corrected chi connectivity index (χ3v) is 2.60. The number of aromatic amines is 1. The minimum Gasteiger partial charge on any atom is -0.388 e. The number of aliphatic hydroxyl groups is 1. The van der Waals surface area contributed by atoms with Crippen LogP contribution in [0.4, 0.5) is 0 Å². The molecule has 76 valence electrons. The molecule has 2 N–H and O–H groups in total. The van der Waals surface area contributed by atoms with Gasteiger partial charge in [0, 0.05) is 22.7 Å². The zero-order valence-electron chi connectivity index (χ0n) is 8.49. The van der Waals surface area contributed by atoms with Crippen LogP contribution >= 0.6 is 0 Å². The molecule has 1 aromatic heterocycles. The Hall–Kier alpha value is -1.79. The highest BCUT2D eigenvalue weighted by Gasteiger charge is 2.13. The van der Waals surface area contributed by atoms with Gasteiger partial charge in [-0.25, -0.2) is 0 Å². The lowest BCUT2D eigenvalue weighted by Crippen LogP contribution is -1.94. The summed E-state index contributed by atoms with van der Waals surface area (Å²) in [5, 5.41) is 19.6. The predicted octanol–water partition coefficient (Wildman–Crippen LogP) is 2.48. The molecule has 0 aliphatic carbocycles. The van der Waals surface area contributed by atoms with Gasteiger partial charge < -0.3 is 10.1 Å². The topological polar surface area (TPSA) is 59.8 Å². The van der Waals surface area contributed by atoms with Crippen molar-refractivity contribution in [3.8, 4) is 6.07 Å². The van der Waals surface area contributed by atoms with Crippen molar-refractivity contribution in [3.63, 3.8) is 0 Å². The van der Waals surface area contributed by atoms with Crippen molar-refractivity contribution < 1.29 is 5.11 Å². The lowest BCUT2D eigenvalue weighted by molar-refractivity contribution is 0.175. The van der Waals surface area contributed by atoms with Crippen LogP contribution in [0.3, 0.4) is 0 Å². The maximum atomic E-state index is 9.81. The number of rotatable bonds is 2. The zero-order valence-corrected chi connectivity index (χ0v) is 8.49. The Balaban J connectivity index is 2.72. The number of aliphatic hydroxyl groups excluding tert-OH is 1. The van der Waals surface area contributed by atoms with Crippen molar-refractivity contribution in [2.45, 2.75) is 19.4 Å². The Labute approximate surface area is 88.0 Å². The van der Waals surface area contributed by atoms with Gasteiger partial charge in [0.2, 0.25) is 0 Å². The molecule has 0 spiro atoms. The average Bonchev–Trinajstić information content (AvgIpc) is 2.71. The standard InChI is InChI=1S/C12H12N2O/c1-2-11(15)9-7-14-10-5-3-4-8(6-13)12(9)10/h3-5,7,11,14-15H,2H2,1H3/t11-/m0/s1. The monoisotopic (exact) mass is 200 g/mol. The van der Waals surface area contributed by atoms with Crippen LogP contribution in [0.25, 0.3) is 10.9 Å². The third-order valence-electron chi connectivity index (χ3n) is 2.60. The van der Waals surface area contributed by atoms with Crippen molar-refractivity contribution in [2.75, 3.05) is 0 Å². The van der Waals surface area contributed by atoms with Crippen LogP contribution in [0.15, 0.2) is 24.4 Å². The number of nitrogens with zero attached hydrogens (tertiary/aromatic N) is 1. The molecular weight excluding hydrogens is 188 g/mol. The maximum Gasteiger partial charge on any atom is 0.0998 e. The number of H-pyrrole nitrogens is 1. The van der Waals surface area contributed by atoms with Gasteiger partial charge >= 0.3 is 0 Å². The lowest BCUT2D eigenvalue weighted by Gasteiger charge is -2.06. The van der Waals surface area contributed by atoms with E-state index in [2.05, 4.69) is 11.1 Å². The Morgan fingerprint density at radius 2 is 2.33 bits per heavy atom. The van der Waals surface area contributed by atoms with Gasteiger partial charge in [-0.1, -0.05) is 13.0 Å². The summed E-state index contributed by atoms with van der Waals surface area (Å²) in [6, 6.07) is 7.65. The number of nitrogens with one attached hydrogen (secondary N) is 1. The van der Waals surface area contributed by atoms with E-state index >= 15 is 0 Å². The smallest absolute Gasteiger partial charge is 0.0998 e. The van der Waals surface area contributed by atoms with Crippen LogP contribution in [-0.2, 0) is 0 Å². The summed E-state index contributed by atoms with van der Waals surface area (Å²) in [6.45, 7) is 1.92. The van der Waals surface area contributed by atoms with E-state index in [-0.39, 0.29) is 0 Å². The molecule has 0 bridgehead atoms. The molecule has 0 aliphatic heterocycles. The second-order valence-electron chi connectivity index (χ2n) is 3.51. The Morgan fingerprint density at radius 1 is 1.53 bits per heavy atom. The Bertz CT molecular complexity index is 522. The lowest BCUT2D eigenvalue weighted by atomic mass is 10.0. The van der Waals surface area contributed by atoms with Crippen molar-refractivity contribution in [3.05, 3.63) is 35.5 Å². The van der Waals surface area contributed by atoms with E-state index < -0.39 is 6.10 Å². The van der Waals surface area contributed by atoms with E-state index in [0.717, 1.165) is 16.5 Å². The Kier molecular flexibility index (Phi) is 2.44. The zero-order chi connectivity index (χ0) is 10.8. The number of benzene rings is 1. The number of aromatic nitrogens is 1. The number of hydrogen-bond donors (Lipinski definition) is 2. The number of nitriles is 1. The summed E-state index contributed by atoms with van der Waals surface area (Å²) in [5.74, 6) is 0. The molecule has 3 heteroatoms. The highest BCUT2D eigenvalue weighted by atomic mass is 16.3. The first-order valence-electron chi connectivity index (χ1n) is 4.96. The van der Waals surface area contributed by atoms with Crippen LogP contribution in [0.2, 0.25) is 0 Å². The molecule has 1 atom stereocenters. The molecule has 2 aromatic rings. The van der Waals surface area contributed by atoms with E-state index in [1.54, 1.807) is 12.3 Å². The molecular formula is C12H12N2O. The van der Waals surface area contributed by atoms with Gasteiger partial charge in [0.25, 0.3) is 0 Å². The molecule has 1 heterocycles. The molecule has 0 amide bonds. The minimum absolute atomic E-state index is 0.506. The van der Waals surface area contributed by atoms with Gasteiger partial charge in [-0.05, 0) is 18.6 Å². The summed E-state index contributed by atoms with van der Waals surface area (Å²) in [6.07, 6.45) is 1.92. The van der Waals surface area contributed by atoms with Crippen LogP contribution in [0, 0.1) is 11.3 Å². The summed E-state index contributed by atoms with van der Waals surface area (Å²) >= 11 is 0. The fourth-order valence-electron chi connectivity index (χ4n) is 1.79. The van der Waals surface area contributed by atoms with Gasteiger partial charge in [-0.2, -0.15) is 5.26 Å². The quantitative estimate of drug-likeness (QED) is 0.782. The van der Waals surface area contributed by atoms with Crippen LogP contribution < -0.4 is 0 Å². The predicted molar refractivity (Wildman–Crippen MR) is 58.3 cm³/mol. The van der Waals surface area contributed by atoms with Gasteiger partial charge in [-0.3, -0.25) is 0 Å². The summed E-state index contributed by atoms with van der Waals surface area (Å²) < 4.78 is 0. The van der Waals surface area contributed by atoms with E-state index in [0.29, 0.717) is 12.0 Å². The minimum atomic E-state index is -0.506. The Morgan fingerprint density at radius 3 is 3.00 bits per heavy atom. The fourth-order valence-corrected chi connectivity index (χ4v) is 1.79. The van der Waals surface area contributed by atoms with E-state index in [1.807, 2.05) is 19.1 Å². The van der Waals surface area contributed by atoms with Gasteiger partial charge in [0.15, 0.2) is 0 Å². The van der Waals surface area contributed by atoms with E-state index in [1.165, 1.54) is 0 Å². The van der Waals surface area contributed by atoms with Crippen LogP contribution in [0.1, 0.15) is 30.6 Å². The number of hydrogen-bond acceptors (Lipinski definition) is 2. The van der Waals surface area contributed by atoms with Crippen molar-refractivity contribution >= 4 is 10.9 Å². The van der Waals surface area contributed by atoms with Crippen LogP contribution in [0.5, 0.6) is 0 Å². The molecule has 0 radical (unpaired) electrons. The number of fused-ring (bicyclic) bond motifs is 1. The highest BCUT2D eigenvalue weighted by Crippen LogP contribution is 2.28. The van der Waals surface area contributed by atoms with Gasteiger partial charge in [0.05, 0.1) is 17.7 Å². The van der Waals surface area contributed by atoms with E-state index in [4.69, 9.17) is 5.26 Å². The largest absolute Gasteiger partial charge is 0.388 e. The first-order valence-corrected chi connectivity index (χ1v) is 4.96. The molecule has 2 rings (SSSR count). The molecule has 1 aromatic carbocycles. The molecule has 0 fully saturated rings. The van der Waals surface area contributed by atoms with Crippen LogP contribution in [-0.4, -0.2) is 10.1 Å². The normalized spacial score (nSPS) is 12.6. The summed E-state index contributed by atoms with van der Waals surface area (Å²) in [7, 11) is 0. The SMILES string of the molecule is CC[C@H](O)c1c[nH]c2cccc(C#N)c12. The molecule has 15 heavy (non-hydrogen) atoms. The second-order valence-corrected chi connectivity index (χ2v) is 3.51. The van der Waals surface area contributed by atoms with Gasteiger partial charge in [0.1, 0.15) is 0 Å². The second kappa shape index (κ2) is 3.76. The van der Waals surface area contributed by atoms with Crippen molar-refractivity contribution in [2.24, 2.45) is 0 Å². The van der Waals surface area contributed by atoms with Crippen molar-refractivity contribution in [1.82, 2.24) is 4.98 Å². The summed E-state index contributed by atoms with van der Waals surface area (Å²) in [5.41, 5.74) is 2.32. The highest BCUT2D eigenvalue weighted by molar-refractivity contribution is 5.89. The van der Waals surface area contributed by atoms with E-state index in [9.17, 15) is 5.11 Å². The maximum absolute atomic E-state index is 9.81. The average molecular weight is 200 g/mol. The molecule has 3 nitrogen and oxygen atoms in total. The third kappa shape index (κ3) is 1.49. The fraction of sp³-hybridized carbons (Fsp3) is 0.250. The molecule has 0 saturated heterocycles. The first-order chi connectivity index (χ1) is 7.27. The molecule has 0 unspecified atom stereocenters.